The highest BCUT2D eigenvalue weighted by Gasteiger charge is 2.45. The van der Waals surface area contributed by atoms with Crippen molar-refractivity contribution in [1.82, 2.24) is 15.5 Å². The molecule has 2 atom stereocenters. The number of aliphatic imine (C=N–C) groups is 1. The Labute approximate surface area is 179 Å². The first-order valence-electron chi connectivity index (χ1n) is 11.0. The van der Waals surface area contributed by atoms with Crippen LogP contribution in [0.2, 0.25) is 0 Å². The van der Waals surface area contributed by atoms with Crippen LogP contribution in [0.15, 0.2) is 29.3 Å². The predicted octanol–water partition coefficient (Wildman–Crippen LogP) is 3.85. The summed E-state index contributed by atoms with van der Waals surface area (Å²) < 4.78 is 18.9. The molecule has 7 heteroatoms. The van der Waals surface area contributed by atoms with Crippen LogP contribution < -0.4 is 10.6 Å². The SMILES string of the molecule is CN=C(NCCCc1cccc(F)c1)NC1CC2CCC(C1)N2C(=O)OC(C)(C)C. The van der Waals surface area contributed by atoms with Gasteiger partial charge in [-0.25, -0.2) is 9.18 Å². The van der Waals surface area contributed by atoms with E-state index in [9.17, 15) is 9.18 Å². The molecule has 30 heavy (non-hydrogen) atoms. The number of aryl methyl sites for hydroxylation is 1. The van der Waals surface area contributed by atoms with E-state index in [0.29, 0.717) is 0 Å². The number of hydrogen-bond acceptors (Lipinski definition) is 3. The maximum Gasteiger partial charge on any atom is 0.410 e. The van der Waals surface area contributed by atoms with Gasteiger partial charge in [-0.3, -0.25) is 4.99 Å². The number of carbonyl (C=O) groups excluding carboxylic acids is 1. The summed E-state index contributed by atoms with van der Waals surface area (Å²) in [6.45, 7) is 6.49. The molecule has 166 valence electrons. The number of piperidine rings is 1. The van der Waals surface area contributed by atoms with Crippen molar-refractivity contribution >= 4 is 12.1 Å². The zero-order valence-electron chi connectivity index (χ0n) is 18.6. The minimum Gasteiger partial charge on any atom is -0.444 e. The van der Waals surface area contributed by atoms with Gasteiger partial charge in [-0.2, -0.15) is 0 Å². The Bertz CT molecular complexity index is 748. The van der Waals surface area contributed by atoms with Gasteiger partial charge < -0.3 is 20.3 Å². The lowest BCUT2D eigenvalue weighted by molar-refractivity contribution is 0.00545. The number of ether oxygens (including phenoxy) is 1. The van der Waals surface area contributed by atoms with E-state index in [1.807, 2.05) is 31.7 Å². The molecule has 6 nitrogen and oxygen atoms in total. The number of amides is 1. The van der Waals surface area contributed by atoms with Crippen molar-refractivity contribution < 1.29 is 13.9 Å². The fourth-order valence-corrected chi connectivity index (χ4v) is 4.49. The highest BCUT2D eigenvalue weighted by molar-refractivity contribution is 5.80. The lowest BCUT2D eigenvalue weighted by Crippen LogP contribution is -2.55. The van der Waals surface area contributed by atoms with E-state index < -0.39 is 5.60 Å². The van der Waals surface area contributed by atoms with Crippen molar-refractivity contribution in [2.75, 3.05) is 13.6 Å². The second-order valence-electron chi connectivity index (χ2n) is 9.32. The van der Waals surface area contributed by atoms with Gasteiger partial charge in [0.25, 0.3) is 0 Å². The van der Waals surface area contributed by atoms with Crippen LogP contribution in [0.3, 0.4) is 0 Å². The molecular weight excluding hydrogens is 383 g/mol. The van der Waals surface area contributed by atoms with Crippen LogP contribution in [-0.2, 0) is 11.2 Å². The third kappa shape index (κ3) is 6.09. The van der Waals surface area contributed by atoms with E-state index in [-0.39, 0.29) is 30.0 Å². The Morgan fingerprint density at radius 2 is 1.97 bits per heavy atom. The fraction of sp³-hybridized carbons (Fsp3) is 0.652. The number of halogens is 1. The van der Waals surface area contributed by atoms with Gasteiger partial charge in [0.15, 0.2) is 5.96 Å². The summed E-state index contributed by atoms with van der Waals surface area (Å²) >= 11 is 0. The van der Waals surface area contributed by atoms with Crippen LogP contribution in [-0.4, -0.2) is 54.3 Å². The molecule has 2 heterocycles. The van der Waals surface area contributed by atoms with E-state index in [1.54, 1.807) is 19.2 Å². The Hall–Kier alpha value is -2.31. The topological polar surface area (TPSA) is 66.0 Å². The van der Waals surface area contributed by atoms with Crippen LogP contribution in [0.4, 0.5) is 9.18 Å². The highest BCUT2D eigenvalue weighted by atomic mass is 19.1. The monoisotopic (exact) mass is 418 g/mol. The van der Waals surface area contributed by atoms with Gasteiger partial charge in [-0.05, 0) is 77.0 Å². The number of hydrogen-bond donors (Lipinski definition) is 2. The maximum absolute atomic E-state index is 13.3. The lowest BCUT2D eigenvalue weighted by atomic mass is 9.98. The molecule has 2 aliphatic heterocycles. The molecule has 0 saturated carbocycles. The highest BCUT2D eigenvalue weighted by Crippen LogP contribution is 2.36. The summed E-state index contributed by atoms with van der Waals surface area (Å²) in [7, 11) is 1.77. The van der Waals surface area contributed by atoms with E-state index in [4.69, 9.17) is 4.74 Å². The number of nitrogens with one attached hydrogen (secondary N) is 2. The van der Waals surface area contributed by atoms with Crippen molar-refractivity contribution in [2.24, 2.45) is 4.99 Å². The molecule has 3 rings (SSSR count). The second-order valence-corrected chi connectivity index (χ2v) is 9.32. The summed E-state index contributed by atoms with van der Waals surface area (Å²) in [4.78, 5) is 18.9. The molecule has 2 unspecified atom stereocenters. The minimum atomic E-state index is -0.469. The van der Waals surface area contributed by atoms with Crippen LogP contribution in [0.5, 0.6) is 0 Å². The van der Waals surface area contributed by atoms with Gasteiger partial charge in [-0.1, -0.05) is 12.1 Å². The van der Waals surface area contributed by atoms with Crippen molar-refractivity contribution in [3.63, 3.8) is 0 Å². The standard InChI is InChI=1S/C23H35FN4O2/c1-23(2,3)30-22(29)28-19-10-11-20(28)15-18(14-19)27-21(25-4)26-12-6-8-16-7-5-9-17(24)13-16/h5,7,9,13,18-20H,6,8,10-12,14-15H2,1-4H3,(H2,25,26,27). The minimum absolute atomic E-state index is 0.187. The Morgan fingerprint density at radius 1 is 1.27 bits per heavy atom. The molecule has 0 radical (unpaired) electrons. The van der Waals surface area contributed by atoms with Gasteiger partial charge in [0.2, 0.25) is 0 Å². The number of guanidine groups is 1. The largest absolute Gasteiger partial charge is 0.444 e. The van der Waals surface area contributed by atoms with Crippen LogP contribution >= 0.6 is 0 Å². The van der Waals surface area contributed by atoms with E-state index in [1.165, 1.54) is 6.07 Å². The third-order valence-corrected chi connectivity index (χ3v) is 5.73. The van der Waals surface area contributed by atoms with Crippen molar-refractivity contribution in [2.45, 2.75) is 83.0 Å². The molecule has 2 saturated heterocycles. The van der Waals surface area contributed by atoms with Crippen LogP contribution in [0.1, 0.15) is 58.4 Å². The molecule has 1 aromatic carbocycles. The van der Waals surface area contributed by atoms with Gasteiger partial charge >= 0.3 is 6.09 Å². The van der Waals surface area contributed by atoms with Crippen LogP contribution in [0, 0.1) is 5.82 Å². The van der Waals surface area contributed by atoms with Gasteiger partial charge in [0, 0.05) is 31.7 Å². The van der Waals surface area contributed by atoms with Crippen molar-refractivity contribution in [3.8, 4) is 0 Å². The summed E-state index contributed by atoms with van der Waals surface area (Å²) in [5, 5.41) is 6.88. The number of carbonyl (C=O) groups is 1. The lowest BCUT2D eigenvalue weighted by Gasteiger charge is -2.40. The predicted molar refractivity (Wildman–Crippen MR) is 117 cm³/mol. The summed E-state index contributed by atoms with van der Waals surface area (Å²) in [6.07, 6.45) is 5.39. The summed E-state index contributed by atoms with van der Waals surface area (Å²) in [6, 6.07) is 7.48. The average molecular weight is 419 g/mol. The smallest absolute Gasteiger partial charge is 0.410 e. The third-order valence-electron chi connectivity index (χ3n) is 5.73. The molecule has 2 bridgehead atoms. The number of fused-ring (bicyclic) bond motifs is 2. The summed E-state index contributed by atoms with van der Waals surface area (Å²) in [5.41, 5.74) is 0.536. The number of nitrogens with zero attached hydrogens (tertiary/aromatic N) is 2. The normalized spacial score (nSPS) is 24.0. The van der Waals surface area contributed by atoms with Crippen molar-refractivity contribution in [1.29, 1.82) is 0 Å². The van der Waals surface area contributed by atoms with E-state index >= 15 is 0 Å². The molecule has 1 amide bonds. The first-order valence-corrected chi connectivity index (χ1v) is 11.0. The van der Waals surface area contributed by atoms with E-state index in [0.717, 1.165) is 56.6 Å². The quantitative estimate of drug-likeness (QED) is 0.433. The number of benzene rings is 1. The molecule has 0 aliphatic carbocycles. The van der Waals surface area contributed by atoms with Gasteiger partial charge in [0.05, 0.1) is 0 Å². The van der Waals surface area contributed by atoms with E-state index in [2.05, 4.69) is 15.6 Å². The molecule has 1 aromatic rings. The Morgan fingerprint density at radius 3 is 2.57 bits per heavy atom. The molecule has 0 spiro atoms. The number of rotatable bonds is 5. The Balaban J connectivity index is 1.44. The van der Waals surface area contributed by atoms with Crippen LogP contribution in [0.25, 0.3) is 0 Å². The molecular formula is C23H35FN4O2. The average Bonchev–Trinajstić information content (AvgIpc) is 2.94. The van der Waals surface area contributed by atoms with Gasteiger partial charge in [-0.15, -0.1) is 0 Å². The maximum atomic E-state index is 13.3. The summed E-state index contributed by atoms with van der Waals surface area (Å²) in [5.74, 6) is 0.592. The first kappa shape index (κ1) is 22.4. The molecule has 2 fully saturated rings. The van der Waals surface area contributed by atoms with Crippen molar-refractivity contribution in [3.05, 3.63) is 35.6 Å². The fourth-order valence-electron chi connectivity index (χ4n) is 4.49. The molecule has 0 aromatic heterocycles. The van der Waals surface area contributed by atoms with Gasteiger partial charge in [0.1, 0.15) is 11.4 Å². The second kappa shape index (κ2) is 9.67. The zero-order chi connectivity index (χ0) is 21.7. The molecule has 2 N–H and O–H groups in total. The molecule has 2 aliphatic rings. The Kier molecular flexibility index (Phi) is 7.21. The first-order chi connectivity index (χ1) is 14.2. The zero-order valence-corrected chi connectivity index (χ0v) is 18.6.